The van der Waals surface area contributed by atoms with Gasteiger partial charge in [0.2, 0.25) is 5.91 Å². The van der Waals surface area contributed by atoms with Crippen molar-refractivity contribution in [2.75, 3.05) is 33.2 Å². The van der Waals surface area contributed by atoms with Gasteiger partial charge in [-0.1, -0.05) is 54.4 Å². The molecule has 0 saturated carbocycles. The molecule has 53 heavy (non-hydrogen) atoms. The first kappa shape index (κ1) is 15.0. The number of para-hydroxylation sites is 1. The second kappa shape index (κ2) is 16.7. The third-order valence-corrected chi connectivity index (χ3v) is 7.48. The van der Waals surface area contributed by atoms with Gasteiger partial charge in [0.15, 0.2) is 17.1 Å². The van der Waals surface area contributed by atoms with Crippen LogP contribution in [0, 0.1) is 18.6 Å². The molecule has 1 aliphatic rings. The Morgan fingerprint density at radius 3 is 2.43 bits per heavy atom. The van der Waals surface area contributed by atoms with E-state index in [1.165, 1.54) is 0 Å². The molecule has 0 bridgehead atoms. The minimum absolute atomic E-state index is 0.438. The number of methoxy groups -OCH3 is 1. The highest BCUT2D eigenvalue weighted by Gasteiger charge is 2.31. The Bertz CT molecular complexity index is 3650. The zero-order valence-corrected chi connectivity index (χ0v) is 27.4. The van der Waals surface area contributed by atoms with E-state index in [0.29, 0.717) is 14.0 Å². The molecule has 1 saturated heterocycles. The molecule has 12 heteroatoms. The van der Waals surface area contributed by atoms with E-state index in [9.17, 15) is 27.6 Å². The van der Waals surface area contributed by atoms with E-state index in [0.717, 1.165) is 0 Å². The number of carbonyl (C=O) groups excluding carboxylic acids is 1. The summed E-state index contributed by atoms with van der Waals surface area (Å²) in [7, 11) is 0.438. The topological polar surface area (TPSA) is 54.8 Å². The lowest BCUT2D eigenvalue weighted by Gasteiger charge is -2.39. The number of benzene rings is 4. The van der Waals surface area contributed by atoms with Crippen molar-refractivity contribution in [1.82, 2.24) is 14.4 Å². The largest absolute Gasteiger partial charge is 0.416 e. The summed E-state index contributed by atoms with van der Waals surface area (Å²) in [6.45, 7) is -24.4. The highest BCUT2D eigenvalue weighted by molar-refractivity contribution is 7.98. The summed E-state index contributed by atoms with van der Waals surface area (Å²) in [6, 6.07) is -28.7. The summed E-state index contributed by atoms with van der Waals surface area (Å²) in [4.78, 5) is 28.3. The molecule has 0 aliphatic carbocycles. The van der Waals surface area contributed by atoms with E-state index in [1.54, 1.807) is 0 Å². The maximum absolute atomic E-state index is 16.0. The van der Waals surface area contributed by atoms with Crippen molar-refractivity contribution in [2.45, 2.75) is 55.6 Å². The van der Waals surface area contributed by atoms with Crippen LogP contribution < -0.4 is 5.43 Å². The van der Waals surface area contributed by atoms with Gasteiger partial charge in [0.1, 0.15) is 6.50 Å². The zero-order valence-electron chi connectivity index (χ0n) is 58.6. The highest BCUT2D eigenvalue weighted by Crippen LogP contribution is 2.32. The maximum atomic E-state index is 16.0. The first-order valence-corrected chi connectivity index (χ1v) is 15.1. The van der Waals surface area contributed by atoms with E-state index < -0.39 is 259 Å². The predicted molar refractivity (Wildman–Crippen MR) is 198 cm³/mol. The standard InChI is InChI=1S/C41H40F5N3O3S/c1-27-22-29(28-12-14-32(15-13-28)41(44,45)46)10-11-30(27)24-48(33-16-18-47(19-17-33)20-21-52-2)38(51)25-49-36-9-4-3-7-34(36)37(50)23-39(49)53-26-31-6-5-8-35(42)40(31)43/h3-15,22-23,33H,16-21,24-26H2,1-2H3/i3D,4D,5D,6D,7D,8D,9D,10D,11D,12D,13D,14D,15D,16D2,17D2,18D2,19D2,20D2,21D2,22D,23D,25D2,26D2,33D. The number of amides is 1. The molecule has 6 rings (SSSR count). The first-order valence-electron chi connectivity index (χ1n) is 30.3. The summed E-state index contributed by atoms with van der Waals surface area (Å²) in [6.07, 6.45) is -15.5. The van der Waals surface area contributed by atoms with Crippen molar-refractivity contribution >= 4 is 28.6 Å². The van der Waals surface area contributed by atoms with Crippen molar-refractivity contribution < 1.29 is 75.3 Å². The molecule has 1 aromatic heterocycles. The van der Waals surface area contributed by atoms with E-state index in [1.807, 2.05) is 0 Å². The zero-order chi connectivity index (χ0) is 66.0. The number of hydrogen-bond acceptors (Lipinski definition) is 5. The van der Waals surface area contributed by atoms with Gasteiger partial charge in [0.05, 0.1) is 50.1 Å². The lowest BCUT2D eigenvalue weighted by molar-refractivity contribution is -0.137. The Morgan fingerprint density at radius 1 is 1.00 bits per heavy atom. The van der Waals surface area contributed by atoms with Gasteiger partial charge in [-0.2, -0.15) is 13.2 Å². The Morgan fingerprint density at radius 2 is 1.72 bits per heavy atom. The van der Waals surface area contributed by atoms with E-state index in [-0.39, 0.29) is 0 Å². The Hall–Kier alpha value is -4.52. The minimum Gasteiger partial charge on any atom is -0.383 e. The van der Waals surface area contributed by atoms with Crippen molar-refractivity contribution in [2.24, 2.45) is 0 Å². The molecule has 278 valence electrons. The van der Waals surface area contributed by atoms with Gasteiger partial charge in [-0.25, -0.2) is 8.78 Å². The molecule has 0 N–H and O–H groups in total. The molecule has 6 nitrogen and oxygen atoms in total. The molecule has 2 heterocycles. The number of halogens is 5. The molecular weight excluding hydrogens is 710 g/mol. The molecule has 1 amide bonds. The monoisotopic (exact) mass is 781 g/mol. The normalized spacial score (nSPS) is 28.4. The number of carbonyl (C=O) groups is 1. The van der Waals surface area contributed by atoms with Crippen LogP contribution in [0.1, 0.15) is 78.9 Å². The fourth-order valence-corrected chi connectivity index (χ4v) is 4.90. The summed E-state index contributed by atoms with van der Waals surface area (Å²) in [5, 5.41) is -3.29. The van der Waals surface area contributed by atoms with Gasteiger partial charge in [0.25, 0.3) is 0 Å². The summed E-state index contributed by atoms with van der Waals surface area (Å²) in [5.74, 6) is -7.61. The Kier molecular flexibility index (Phi) is 4.70. The quantitative estimate of drug-likeness (QED) is 0.0937. The van der Waals surface area contributed by atoms with Gasteiger partial charge >= 0.3 is 6.18 Å². The number of hydrogen-bond donors (Lipinski definition) is 0. The van der Waals surface area contributed by atoms with Crippen LogP contribution in [0.3, 0.4) is 0 Å². The number of ether oxygens (including phenoxy) is 1. The third kappa shape index (κ3) is 9.00. The number of piperidine rings is 1. The van der Waals surface area contributed by atoms with Crippen molar-refractivity contribution in [3.63, 3.8) is 0 Å². The Labute approximate surface area is 354 Å². The molecule has 0 unspecified atom stereocenters. The molecular formula is C41H40F5N3O3S. The molecule has 1 fully saturated rings. The predicted octanol–water partition coefficient (Wildman–Crippen LogP) is 8.71. The molecule has 1 aliphatic heterocycles. The van der Waals surface area contributed by atoms with Gasteiger partial charge < -0.3 is 19.1 Å². The number of likely N-dealkylation sites (tertiary alicyclic amines) is 1. The van der Waals surface area contributed by atoms with Crippen LogP contribution in [-0.2, 0) is 34.5 Å². The molecule has 0 radical (unpaired) electrons. The number of pyridine rings is 1. The number of alkyl halides is 3. The van der Waals surface area contributed by atoms with Crippen LogP contribution in [0.5, 0.6) is 0 Å². The van der Waals surface area contributed by atoms with E-state index in [4.69, 9.17) is 34.3 Å². The van der Waals surface area contributed by atoms with Crippen molar-refractivity contribution in [3.05, 3.63) is 135 Å². The van der Waals surface area contributed by atoms with Gasteiger partial charge in [-0.15, -0.1) is 11.8 Å². The Balaban J connectivity index is 1.85. The summed E-state index contributed by atoms with van der Waals surface area (Å²) < 4.78 is 358. The van der Waals surface area contributed by atoms with Crippen LogP contribution in [-0.4, -0.2) is 59.5 Å². The number of fused-ring (bicyclic) bond motifs is 1. The number of thioether (sulfide) groups is 1. The smallest absolute Gasteiger partial charge is 0.383 e. The lowest BCUT2D eigenvalue weighted by atomic mass is 9.97. The average Bonchev–Trinajstić information content (AvgIpc) is 0.663. The van der Waals surface area contributed by atoms with Gasteiger partial charge in [-0.3, -0.25) is 9.59 Å². The summed E-state index contributed by atoms with van der Waals surface area (Å²) >= 11 is -0.863. The number of rotatable bonds is 12. The highest BCUT2D eigenvalue weighted by atomic mass is 32.2. The molecule has 0 spiro atoms. The average molecular weight is 782 g/mol. The van der Waals surface area contributed by atoms with Crippen molar-refractivity contribution in [3.8, 4) is 11.1 Å². The van der Waals surface area contributed by atoms with E-state index >= 15 is 13.6 Å². The number of aromatic nitrogens is 1. The van der Waals surface area contributed by atoms with Crippen LogP contribution in [0.2, 0.25) is 0 Å². The van der Waals surface area contributed by atoms with Crippen LogP contribution in [0.4, 0.5) is 22.0 Å². The first-order chi connectivity index (χ1) is 38.1. The lowest BCUT2D eigenvalue weighted by Crippen LogP contribution is -2.48. The van der Waals surface area contributed by atoms with Crippen LogP contribution in [0.15, 0.2) is 100 Å². The van der Waals surface area contributed by atoms with Crippen LogP contribution in [0.25, 0.3) is 22.0 Å². The minimum atomic E-state index is -5.56. The van der Waals surface area contributed by atoms with Gasteiger partial charge in [0, 0.05) is 78.3 Å². The third-order valence-electron chi connectivity index (χ3n) is 6.70. The summed E-state index contributed by atoms with van der Waals surface area (Å²) in [5.41, 5.74) is -16.3. The van der Waals surface area contributed by atoms with Crippen LogP contribution >= 0.6 is 11.8 Å². The fraction of sp³-hybridized carbons (Fsp3) is 0.317. The van der Waals surface area contributed by atoms with Gasteiger partial charge in [-0.05, 0) is 72.1 Å². The second-order valence-corrected chi connectivity index (χ2v) is 10.9. The molecule has 4 aromatic carbocycles. The van der Waals surface area contributed by atoms with E-state index in [2.05, 4.69) is 4.74 Å². The molecule has 0 atom stereocenters. The van der Waals surface area contributed by atoms with Crippen molar-refractivity contribution in [1.29, 1.82) is 0 Å². The maximum Gasteiger partial charge on any atom is 0.416 e. The number of nitrogens with zero attached hydrogens (tertiary/aromatic N) is 3. The molecule has 5 aromatic rings. The SMILES string of the molecule is [2H]c1c([2H])c(F)c(F)c(C([2H])([2H])Sc2c([2H])c(=O)c3c([2H])c([2H])c([2H])c([2H])c3n2C([2H])([2H])C(=O)N(Cc2c([2H])c([2H])c(-c3c([2H])c([2H])c(C(F)(F)F)c([2H])c3[2H])c([2H])c2C)C2([2H])C([2H])([2H])C([2H])([2H])N(C([2H])([2H])C([2H])([2H])OC)C([2H])([2H])C2([2H])[2H])c1[2H]. The second-order valence-electron chi connectivity index (χ2n) is 10.1. The fourth-order valence-electron chi connectivity index (χ4n) is 4.18.